The maximum atomic E-state index is 12.2. The van der Waals surface area contributed by atoms with Crippen molar-refractivity contribution in [1.82, 2.24) is 9.88 Å². The number of rotatable bonds is 5. The van der Waals surface area contributed by atoms with Gasteiger partial charge < -0.3 is 15.1 Å². The molecule has 0 spiro atoms. The van der Waals surface area contributed by atoms with Crippen LogP contribution in [0.4, 0.5) is 0 Å². The van der Waals surface area contributed by atoms with Crippen LogP contribution in [-0.2, 0) is 11.2 Å². The lowest BCUT2D eigenvalue weighted by Gasteiger charge is -2.23. The van der Waals surface area contributed by atoms with Crippen molar-refractivity contribution in [2.24, 2.45) is 5.73 Å². The van der Waals surface area contributed by atoms with Gasteiger partial charge in [-0.25, -0.2) is 4.98 Å². The molecule has 2 N–H and O–H groups in total. The molecule has 5 heteroatoms. The summed E-state index contributed by atoms with van der Waals surface area (Å²) in [5.74, 6) is 1.21. The smallest absolute Gasteiger partial charge is 0.228 e. The van der Waals surface area contributed by atoms with Crippen molar-refractivity contribution in [1.29, 1.82) is 0 Å². The molecular formula is C16H21N3O2. The number of aryl methyl sites for hydroxylation is 1. The standard InChI is InChI=1S/C16H21N3O2/c1-11(10-17)19(3)15(20)9-14-12(2)21-16(18-14)13-7-5-4-6-8-13/h4-8,11H,9-10,17H2,1-3H3. The molecule has 0 saturated heterocycles. The normalized spacial score (nSPS) is 12.2. The second-order valence-electron chi connectivity index (χ2n) is 5.15. The highest BCUT2D eigenvalue weighted by Gasteiger charge is 2.19. The van der Waals surface area contributed by atoms with Crippen molar-refractivity contribution in [3.05, 3.63) is 41.8 Å². The molecule has 1 atom stereocenters. The van der Waals surface area contributed by atoms with Gasteiger partial charge in [-0.3, -0.25) is 4.79 Å². The van der Waals surface area contributed by atoms with Crippen molar-refractivity contribution in [2.75, 3.05) is 13.6 Å². The maximum Gasteiger partial charge on any atom is 0.228 e. The first-order valence-electron chi connectivity index (χ1n) is 7.00. The molecule has 1 unspecified atom stereocenters. The van der Waals surface area contributed by atoms with Crippen LogP contribution in [0.2, 0.25) is 0 Å². The predicted octanol–water partition coefficient (Wildman–Crippen LogP) is 2.00. The lowest BCUT2D eigenvalue weighted by molar-refractivity contribution is -0.130. The summed E-state index contributed by atoms with van der Waals surface area (Å²) in [6.07, 6.45) is 0.225. The van der Waals surface area contributed by atoms with Gasteiger partial charge in [-0.1, -0.05) is 18.2 Å². The van der Waals surface area contributed by atoms with E-state index in [4.69, 9.17) is 10.2 Å². The lowest BCUT2D eigenvalue weighted by Crippen LogP contribution is -2.40. The summed E-state index contributed by atoms with van der Waals surface area (Å²) < 4.78 is 5.66. The van der Waals surface area contributed by atoms with E-state index in [0.717, 1.165) is 5.56 Å². The minimum absolute atomic E-state index is 0.0102. The molecule has 0 bridgehead atoms. The summed E-state index contributed by atoms with van der Waals surface area (Å²) in [5, 5.41) is 0. The molecule has 1 aromatic carbocycles. The van der Waals surface area contributed by atoms with Gasteiger partial charge >= 0.3 is 0 Å². The van der Waals surface area contributed by atoms with Crippen LogP contribution in [0.25, 0.3) is 11.5 Å². The van der Waals surface area contributed by atoms with Crippen LogP contribution >= 0.6 is 0 Å². The largest absolute Gasteiger partial charge is 0.441 e. The third-order valence-electron chi connectivity index (χ3n) is 3.63. The van der Waals surface area contributed by atoms with E-state index in [9.17, 15) is 4.79 Å². The van der Waals surface area contributed by atoms with Crippen LogP contribution in [0, 0.1) is 6.92 Å². The topological polar surface area (TPSA) is 72.4 Å². The molecule has 0 aliphatic rings. The van der Waals surface area contributed by atoms with Gasteiger partial charge in [0, 0.05) is 25.2 Å². The van der Waals surface area contributed by atoms with Gasteiger partial charge in [0.1, 0.15) is 5.76 Å². The number of aromatic nitrogens is 1. The number of likely N-dealkylation sites (N-methyl/N-ethyl adjacent to an activating group) is 1. The van der Waals surface area contributed by atoms with Crippen LogP contribution in [-0.4, -0.2) is 35.4 Å². The average molecular weight is 287 g/mol. The number of nitrogens with zero attached hydrogens (tertiary/aromatic N) is 2. The summed E-state index contributed by atoms with van der Waals surface area (Å²) in [4.78, 5) is 18.3. The summed E-state index contributed by atoms with van der Waals surface area (Å²) >= 11 is 0. The van der Waals surface area contributed by atoms with E-state index in [0.29, 0.717) is 23.9 Å². The molecule has 2 rings (SSSR count). The lowest BCUT2D eigenvalue weighted by atomic mass is 10.2. The monoisotopic (exact) mass is 287 g/mol. The number of oxazole rings is 1. The highest BCUT2D eigenvalue weighted by atomic mass is 16.4. The highest BCUT2D eigenvalue weighted by molar-refractivity contribution is 5.78. The molecule has 0 aliphatic heterocycles. The Balaban J connectivity index is 2.15. The fourth-order valence-electron chi connectivity index (χ4n) is 1.97. The molecule has 5 nitrogen and oxygen atoms in total. The van der Waals surface area contributed by atoms with Gasteiger partial charge in [-0.2, -0.15) is 0 Å². The van der Waals surface area contributed by atoms with Gasteiger partial charge in [-0.05, 0) is 26.0 Å². The molecule has 0 radical (unpaired) electrons. The van der Waals surface area contributed by atoms with E-state index in [-0.39, 0.29) is 18.4 Å². The third-order valence-corrected chi connectivity index (χ3v) is 3.63. The van der Waals surface area contributed by atoms with Crippen molar-refractivity contribution < 1.29 is 9.21 Å². The zero-order valence-corrected chi connectivity index (χ0v) is 12.7. The SMILES string of the molecule is Cc1oc(-c2ccccc2)nc1CC(=O)N(C)C(C)CN. The van der Waals surface area contributed by atoms with E-state index in [1.54, 1.807) is 11.9 Å². The molecular weight excluding hydrogens is 266 g/mol. The molecule has 2 aromatic rings. The highest BCUT2D eigenvalue weighted by Crippen LogP contribution is 2.21. The molecule has 1 amide bonds. The molecule has 0 aliphatic carbocycles. The molecule has 1 heterocycles. The van der Waals surface area contributed by atoms with Crippen LogP contribution in [0.15, 0.2) is 34.7 Å². The van der Waals surface area contributed by atoms with E-state index in [2.05, 4.69) is 4.98 Å². The van der Waals surface area contributed by atoms with Crippen molar-refractivity contribution in [3.8, 4) is 11.5 Å². The minimum atomic E-state index is -0.0102. The first kappa shape index (κ1) is 15.3. The van der Waals surface area contributed by atoms with Crippen molar-refractivity contribution in [2.45, 2.75) is 26.3 Å². The van der Waals surface area contributed by atoms with Gasteiger partial charge in [0.15, 0.2) is 0 Å². The van der Waals surface area contributed by atoms with E-state index >= 15 is 0 Å². The molecule has 112 valence electrons. The number of carbonyl (C=O) groups is 1. The second kappa shape index (κ2) is 6.54. The number of amides is 1. The quantitative estimate of drug-likeness (QED) is 0.913. The summed E-state index contributed by atoms with van der Waals surface area (Å²) in [6.45, 7) is 4.19. The van der Waals surface area contributed by atoms with Crippen molar-refractivity contribution >= 4 is 5.91 Å². The third kappa shape index (κ3) is 3.49. The summed E-state index contributed by atoms with van der Waals surface area (Å²) in [7, 11) is 1.76. The number of benzene rings is 1. The maximum absolute atomic E-state index is 12.2. The molecule has 0 saturated carbocycles. The predicted molar refractivity (Wildman–Crippen MR) is 81.7 cm³/mol. The Morgan fingerprint density at radius 2 is 2.05 bits per heavy atom. The minimum Gasteiger partial charge on any atom is -0.441 e. The second-order valence-corrected chi connectivity index (χ2v) is 5.15. The first-order chi connectivity index (χ1) is 10.0. The van der Waals surface area contributed by atoms with Gasteiger partial charge in [0.2, 0.25) is 11.8 Å². The number of hydrogen-bond acceptors (Lipinski definition) is 4. The van der Waals surface area contributed by atoms with E-state index in [1.165, 1.54) is 0 Å². The van der Waals surface area contributed by atoms with E-state index < -0.39 is 0 Å². The Morgan fingerprint density at radius 1 is 1.38 bits per heavy atom. The zero-order valence-electron chi connectivity index (χ0n) is 12.7. The van der Waals surface area contributed by atoms with Gasteiger partial charge in [0.25, 0.3) is 0 Å². The van der Waals surface area contributed by atoms with Gasteiger partial charge in [0.05, 0.1) is 12.1 Å². The Labute approximate surface area is 124 Å². The fraction of sp³-hybridized carbons (Fsp3) is 0.375. The first-order valence-corrected chi connectivity index (χ1v) is 7.00. The van der Waals surface area contributed by atoms with Gasteiger partial charge in [-0.15, -0.1) is 0 Å². The van der Waals surface area contributed by atoms with E-state index in [1.807, 2.05) is 44.2 Å². The van der Waals surface area contributed by atoms with Crippen LogP contribution in [0.1, 0.15) is 18.4 Å². The Kier molecular flexibility index (Phi) is 4.75. The number of carbonyl (C=O) groups excluding carboxylic acids is 1. The average Bonchev–Trinajstić information content (AvgIpc) is 2.87. The molecule has 21 heavy (non-hydrogen) atoms. The Hall–Kier alpha value is -2.14. The Bertz CT molecular complexity index is 607. The Morgan fingerprint density at radius 3 is 2.67 bits per heavy atom. The zero-order chi connectivity index (χ0) is 15.4. The number of hydrogen-bond donors (Lipinski definition) is 1. The van der Waals surface area contributed by atoms with Crippen LogP contribution < -0.4 is 5.73 Å². The van der Waals surface area contributed by atoms with Crippen LogP contribution in [0.5, 0.6) is 0 Å². The summed E-state index contributed by atoms with van der Waals surface area (Å²) in [5.41, 5.74) is 7.17. The van der Waals surface area contributed by atoms with Crippen LogP contribution in [0.3, 0.4) is 0 Å². The summed E-state index contributed by atoms with van der Waals surface area (Å²) in [6, 6.07) is 9.66. The molecule has 0 fully saturated rings. The fourth-order valence-corrected chi connectivity index (χ4v) is 1.97. The number of nitrogens with two attached hydrogens (primary N) is 1. The van der Waals surface area contributed by atoms with Crippen molar-refractivity contribution in [3.63, 3.8) is 0 Å². The molecule has 1 aromatic heterocycles.